The van der Waals surface area contributed by atoms with Crippen LogP contribution in [-0.4, -0.2) is 5.78 Å². The van der Waals surface area contributed by atoms with Crippen molar-refractivity contribution in [3.05, 3.63) is 69.0 Å². The topological polar surface area (TPSA) is 17.1 Å². The fraction of sp³-hybridized carbons (Fsp3) is 0.0714. The zero-order valence-electron chi connectivity index (χ0n) is 9.89. The first-order chi connectivity index (χ1) is 9.40. The first-order valence-corrected chi connectivity index (χ1v) is 6.26. The molecule has 0 N–H and O–H groups in total. The standard InChI is InChI=1S/C14H7Cl2F3O/c15-9-3-1-2-7(14(9)19)4-13(20)8-5-12(18)10(16)6-11(8)17/h1-3,5-6H,4H2. The Bertz CT molecular complexity index is 686. The van der Waals surface area contributed by atoms with Gasteiger partial charge in [-0.25, -0.2) is 13.2 Å². The molecule has 0 saturated carbocycles. The number of rotatable bonds is 3. The number of ketones is 1. The van der Waals surface area contributed by atoms with Gasteiger partial charge in [0.15, 0.2) is 5.78 Å². The van der Waals surface area contributed by atoms with Gasteiger partial charge >= 0.3 is 0 Å². The molecule has 0 heterocycles. The van der Waals surface area contributed by atoms with Gasteiger partial charge in [-0.1, -0.05) is 35.3 Å². The number of hydrogen-bond acceptors (Lipinski definition) is 1. The third-order valence-electron chi connectivity index (χ3n) is 2.69. The van der Waals surface area contributed by atoms with Gasteiger partial charge in [-0.3, -0.25) is 4.79 Å². The van der Waals surface area contributed by atoms with Crippen LogP contribution in [0.25, 0.3) is 0 Å². The van der Waals surface area contributed by atoms with Crippen LogP contribution in [0, 0.1) is 17.5 Å². The second kappa shape index (κ2) is 5.85. The Kier molecular flexibility index (Phi) is 4.35. The molecule has 0 radical (unpaired) electrons. The summed E-state index contributed by atoms with van der Waals surface area (Å²) < 4.78 is 40.5. The van der Waals surface area contributed by atoms with Crippen LogP contribution in [0.5, 0.6) is 0 Å². The Morgan fingerprint density at radius 1 is 1.00 bits per heavy atom. The van der Waals surface area contributed by atoms with E-state index in [9.17, 15) is 18.0 Å². The van der Waals surface area contributed by atoms with Crippen LogP contribution >= 0.6 is 23.2 Å². The van der Waals surface area contributed by atoms with Gasteiger partial charge < -0.3 is 0 Å². The van der Waals surface area contributed by atoms with Crippen molar-refractivity contribution >= 4 is 29.0 Å². The summed E-state index contributed by atoms with van der Waals surface area (Å²) in [7, 11) is 0. The van der Waals surface area contributed by atoms with Crippen molar-refractivity contribution in [1.29, 1.82) is 0 Å². The first-order valence-electron chi connectivity index (χ1n) is 5.50. The number of halogens is 5. The average Bonchev–Trinajstić information content (AvgIpc) is 2.39. The minimum atomic E-state index is -0.955. The quantitative estimate of drug-likeness (QED) is 0.585. The van der Waals surface area contributed by atoms with Gasteiger partial charge in [0.2, 0.25) is 0 Å². The molecule has 0 atom stereocenters. The van der Waals surface area contributed by atoms with Gasteiger partial charge in [-0.05, 0) is 23.8 Å². The summed E-state index contributed by atoms with van der Waals surface area (Å²) in [4.78, 5) is 11.9. The molecule has 0 unspecified atom stereocenters. The van der Waals surface area contributed by atoms with Crippen LogP contribution in [0.3, 0.4) is 0 Å². The highest BCUT2D eigenvalue weighted by Crippen LogP contribution is 2.23. The van der Waals surface area contributed by atoms with E-state index < -0.39 is 40.2 Å². The van der Waals surface area contributed by atoms with Crippen LogP contribution in [0.2, 0.25) is 10.0 Å². The summed E-state index contributed by atoms with van der Waals surface area (Å²) in [5, 5.41) is -0.564. The lowest BCUT2D eigenvalue weighted by Gasteiger charge is -2.06. The molecule has 0 fully saturated rings. The smallest absolute Gasteiger partial charge is 0.170 e. The predicted molar refractivity (Wildman–Crippen MR) is 70.8 cm³/mol. The molecule has 0 aliphatic heterocycles. The van der Waals surface area contributed by atoms with E-state index in [2.05, 4.69) is 0 Å². The van der Waals surface area contributed by atoms with E-state index in [1.807, 2.05) is 0 Å². The van der Waals surface area contributed by atoms with Gasteiger partial charge in [-0.15, -0.1) is 0 Å². The van der Waals surface area contributed by atoms with Gasteiger partial charge in [0.25, 0.3) is 0 Å². The van der Waals surface area contributed by atoms with E-state index in [1.165, 1.54) is 18.2 Å². The second-order valence-electron chi connectivity index (χ2n) is 4.06. The first kappa shape index (κ1) is 14.9. The van der Waals surface area contributed by atoms with Gasteiger partial charge in [0.05, 0.1) is 15.6 Å². The number of hydrogen-bond donors (Lipinski definition) is 0. The Labute approximate surface area is 122 Å². The molecule has 0 saturated heterocycles. The molecule has 104 valence electrons. The molecule has 0 aliphatic rings. The van der Waals surface area contributed by atoms with Crippen molar-refractivity contribution in [2.24, 2.45) is 0 Å². The fourth-order valence-electron chi connectivity index (χ4n) is 1.69. The maximum Gasteiger partial charge on any atom is 0.170 e. The molecule has 2 aromatic rings. The SMILES string of the molecule is O=C(Cc1cccc(Cl)c1F)c1cc(F)c(Cl)cc1F. The van der Waals surface area contributed by atoms with Gasteiger partial charge in [0, 0.05) is 6.42 Å². The molecule has 2 rings (SSSR count). The lowest BCUT2D eigenvalue weighted by Crippen LogP contribution is -2.08. The number of Topliss-reactive ketones (excluding diaryl/α,β-unsaturated/α-hetero) is 1. The highest BCUT2D eigenvalue weighted by Gasteiger charge is 2.18. The lowest BCUT2D eigenvalue weighted by molar-refractivity contribution is 0.0987. The third kappa shape index (κ3) is 2.97. The Balaban J connectivity index is 2.33. The van der Waals surface area contributed by atoms with Crippen molar-refractivity contribution < 1.29 is 18.0 Å². The van der Waals surface area contributed by atoms with Gasteiger partial charge in [0.1, 0.15) is 17.5 Å². The van der Waals surface area contributed by atoms with Crippen molar-refractivity contribution in [1.82, 2.24) is 0 Å². The molecule has 0 bridgehead atoms. The van der Waals surface area contributed by atoms with E-state index in [4.69, 9.17) is 23.2 Å². The average molecular weight is 319 g/mol. The summed E-state index contributed by atoms with van der Waals surface area (Å²) in [5.74, 6) is -3.39. The largest absolute Gasteiger partial charge is 0.294 e. The highest BCUT2D eigenvalue weighted by atomic mass is 35.5. The minimum Gasteiger partial charge on any atom is -0.294 e. The number of benzene rings is 2. The predicted octanol–water partition coefficient (Wildman–Crippen LogP) is 4.84. The Morgan fingerprint density at radius 2 is 1.70 bits per heavy atom. The molecule has 0 amide bonds. The van der Waals surface area contributed by atoms with Crippen LogP contribution < -0.4 is 0 Å². The van der Waals surface area contributed by atoms with E-state index in [0.29, 0.717) is 12.1 Å². The summed E-state index contributed by atoms with van der Waals surface area (Å²) in [6.45, 7) is 0. The van der Waals surface area contributed by atoms with Crippen LogP contribution in [0.1, 0.15) is 15.9 Å². The van der Waals surface area contributed by atoms with Crippen LogP contribution in [0.4, 0.5) is 13.2 Å². The molecule has 0 spiro atoms. The normalized spacial score (nSPS) is 10.7. The monoisotopic (exact) mass is 318 g/mol. The van der Waals surface area contributed by atoms with Crippen molar-refractivity contribution in [2.75, 3.05) is 0 Å². The molecule has 6 heteroatoms. The zero-order valence-corrected chi connectivity index (χ0v) is 11.4. The maximum absolute atomic E-state index is 13.6. The number of carbonyl (C=O) groups excluding carboxylic acids is 1. The highest BCUT2D eigenvalue weighted by molar-refractivity contribution is 6.31. The molecule has 2 aromatic carbocycles. The summed E-state index contributed by atoms with van der Waals surface area (Å²) in [6, 6.07) is 5.55. The van der Waals surface area contributed by atoms with Gasteiger partial charge in [-0.2, -0.15) is 0 Å². The van der Waals surface area contributed by atoms with Crippen molar-refractivity contribution in [2.45, 2.75) is 6.42 Å². The maximum atomic E-state index is 13.6. The molecular formula is C14H7Cl2F3O. The van der Waals surface area contributed by atoms with Crippen LogP contribution in [0.15, 0.2) is 30.3 Å². The van der Waals surface area contributed by atoms with Crippen molar-refractivity contribution in [3.63, 3.8) is 0 Å². The van der Waals surface area contributed by atoms with E-state index in [0.717, 1.165) is 0 Å². The van der Waals surface area contributed by atoms with Crippen molar-refractivity contribution in [3.8, 4) is 0 Å². The molecule has 1 nitrogen and oxygen atoms in total. The zero-order chi connectivity index (χ0) is 14.9. The third-order valence-corrected chi connectivity index (χ3v) is 3.27. The Morgan fingerprint density at radius 3 is 2.40 bits per heavy atom. The number of carbonyl (C=O) groups is 1. The molecule has 0 aliphatic carbocycles. The Hall–Kier alpha value is -1.52. The van der Waals surface area contributed by atoms with E-state index in [-0.39, 0.29) is 10.6 Å². The van der Waals surface area contributed by atoms with E-state index in [1.54, 1.807) is 0 Å². The summed E-state index contributed by atoms with van der Waals surface area (Å²) in [6.07, 6.45) is -0.426. The molecule has 0 aromatic heterocycles. The summed E-state index contributed by atoms with van der Waals surface area (Å²) in [5.41, 5.74) is -0.469. The lowest BCUT2D eigenvalue weighted by atomic mass is 10.0. The minimum absolute atomic E-state index is 0.0114. The molecule has 20 heavy (non-hydrogen) atoms. The fourth-order valence-corrected chi connectivity index (χ4v) is 2.03. The molecular weight excluding hydrogens is 312 g/mol. The second-order valence-corrected chi connectivity index (χ2v) is 4.87. The van der Waals surface area contributed by atoms with Crippen LogP contribution in [-0.2, 0) is 6.42 Å². The van der Waals surface area contributed by atoms with E-state index >= 15 is 0 Å². The summed E-state index contributed by atoms with van der Waals surface area (Å²) >= 11 is 11.0.